The van der Waals surface area contributed by atoms with Crippen LogP contribution >= 0.6 is 0 Å². The van der Waals surface area contributed by atoms with Crippen molar-refractivity contribution >= 4 is 17.5 Å². The molecular weight excluding hydrogens is 291 g/mol. The zero-order chi connectivity index (χ0) is 15.9. The summed E-state index contributed by atoms with van der Waals surface area (Å²) in [5.41, 5.74) is 1.89. The van der Waals surface area contributed by atoms with Gasteiger partial charge in [-0.3, -0.25) is 0 Å². The van der Waals surface area contributed by atoms with Crippen LogP contribution in [0.25, 0.3) is 0 Å². The second kappa shape index (κ2) is 7.35. The van der Waals surface area contributed by atoms with Gasteiger partial charge in [-0.1, -0.05) is 36.4 Å². The number of hydrogen-bond acceptors (Lipinski definition) is 4. The first kappa shape index (κ1) is 15.0. The average molecular weight is 308 g/mol. The molecule has 0 aliphatic carbocycles. The van der Waals surface area contributed by atoms with Crippen molar-refractivity contribution in [3.63, 3.8) is 0 Å². The lowest BCUT2D eigenvalue weighted by atomic mass is 10.1. The lowest BCUT2D eigenvalue weighted by molar-refractivity contribution is 0.628. The van der Waals surface area contributed by atoms with E-state index in [1.54, 1.807) is 18.3 Å². The highest BCUT2D eigenvalue weighted by molar-refractivity contribution is 5.54. The molecule has 3 aromatic rings. The molecule has 4 nitrogen and oxygen atoms in total. The van der Waals surface area contributed by atoms with Gasteiger partial charge in [-0.05, 0) is 36.2 Å². The molecule has 3 rings (SSSR count). The van der Waals surface area contributed by atoms with Crippen molar-refractivity contribution in [3.05, 3.63) is 78.2 Å². The molecular formula is C18H17FN4. The van der Waals surface area contributed by atoms with Crippen LogP contribution in [0.1, 0.15) is 5.56 Å². The normalized spacial score (nSPS) is 10.3. The first-order valence-corrected chi connectivity index (χ1v) is 7.43. The van der Waals surface area contributed by atoms with Gasteiger partial charge in [0.1, 0.15) is 11.6 Å². The Kier molecular flexibility index (Phi) is 4.79. The molecule has 0 saturated carbocycles. The highest BCUT2D eigenvalue weighted by Crippen LogP contribution is 2.15. The van der Waals surface area contributed by atoms with E-state index in [9.17, 15) is 4.39 Å². The predicted octanol–water partition coefficient (Wildman–Crippen LogP) is 4.01. The Morgan fingerprint density at radius 1 is 0.957 bits per heavy atom. The monoisotopic (exact) mass is 308 g/mol. The molecule has 116 valence electrons. The summed E-state index contributed by atoms with van der Waals surface area (Å²) in [6.07, 6.45) is 2.58. The van der Waals surface area contributed by atoms with Gasteiger partial charge in [0.05, 0.1) is 0 Å². The van der Waals surface area contributed by atoms with E-state index in [2.05, 4.69) is 32.7 Å². The first-order chi connectivity index (χ1) is 11.3. The molecule has 0 bridgehead atoms. The molecule has 2 aromatic carbocycles. The van der Waals surface area contributed by atoms with Crippen LogP contribution in [0.2, 0.25) is 0 Å². The highest BCUT2D eigenvalue weighted by atomic mass is 19.1. The molecule has 5 heteroatoms. The second-order valence-electron chi connectivity index (χ2n) is 5.06. The molecule has 0 saturated heterocycles. The molecule has 23 heavy (non-hydrogen) atoms. The van der Waals surface area contributed by atoms with E-state index in [-0.39, 0.29) is 5.82 Å². The number of halogens is 1. The number of hydrogen-bond donors (Lipinski definition) is 2. The van der Waals surface area contributed by atoms with Crippen LogP contribution in [0.15, 0.2) is 66.9 Å². The molecule has 0 amide bonds. The van der Waals surface area contributed by atoms with Crippen molar-refractivity contribution < 1.29 is 4.39 Å². The summed E-state index contributed by atoms with van der Waals surface area (Å²) in [4.78, 5) is 8.52. The van der Waals surface area contributed by atoms with E-state index >= 15 is 0 Å². The SMILES string of the molecule is Fc1cccc(Nc2nccc(NCCc3ccccc3)n2)c1. The summed E-state index contributed by atoms with van der Waals surface area (Å²) in [7, 11) is 0. The van der Waals surface area contributed by atoms with Crippen molar-refractivity contribution in [2.24, 2.45) is 0 Å². The number of nitrogens with zero attached hydrogens (tertiary/aromatic N) is 2. The number of nitrogens with one attached hydrogen (secondary N) is 2. The minimum absolute atomic E-state index is 0.299. The Labute approximate surface area is 134 Å². The average Bonchev–Trinajstić information content (AvgIpc) is 2.56. The van der Waals surface area contributed by atoms with E-state index in [1.165, 1.54) is 17.7 Å². The Bertz CT molecular complexity index is 762. The lowest BCUT2D eigenvalue weighted by Crippen LogP contribution is -2.07. The third-order valence-electron chi connectivity index (χ3n) is 3.30. The van der Waals surface area contributed by atoms with Crippen molar-refractivity contribution in [2.75, 3.05) is 17.2 Å². The quantitative estimate of drug-likeness (QED) is 0.722. The molecule has 1 heterocycles. The summed E-state index contributed by atoms with van der Waals surface area (Å²) < 4.78 is 13.2. The summed E-state index contributed by atoms with van der Waals surface area (Å²) in [5.74, 6) is 0.863. The fraction of sp³-hybridized carbons (Fsp3) is 0.111. The molecule has 0 aliphatic heterocycles. The molecule has 0 atom stereocenters. The van der Waals surface area contributed by atoms with Crippen LogP contribution in [-0.2, 0) is 6.42 Å². The van der Waals surface area contributed by atoms with Gasteiger partial charge in [-0.2, -0.15) is 4.98 Å². The standard InChI is InChI=1S/C18H17FN4/c19-15-7-4-8-16(13-15)22-18-21-12-10-17(23-18)20-11-9-14-5-2-1-3-6-14/h1-8,10,12-13H,9,11H2,(H2,20,21,22,23). The fourth-order valence-corrected chi connectivity index (χ4v) is 2.19. The van der Waals surface area contributed by atoms with Gasteiger partial charge in [-0.25, -0.2) is 9.37 Å². The number of benzene rings is 2. The summed E-state index contributed by atoms with van der Waals surface area (Å²) >= 11 is 0. The maximum absolute atomic E-state index is 13.2. The van der Waals surface area contributed by atoms with Crippen LogP contribution in [0.3, 0.4) is 0 Å². The fourth-order valence-electron chi connectivity index (χ4n) is 2.19. The van der Waals surface area contributed by atoms with Crippen molar-refractivity contribution in [1.29, 1.82) is 0 Å². The largest absolute Gasteiger partial charge is 0.370 e. The van der Waals surface area contributed by atoms with Crippen LogP contribution in [0.5, 0.6) is 0 Å². The van der Waals surface area contributed by atoms with E-state index < -0.39 is 0 Å². The van der Waals surface area contributed by atoms with Gasteiger partial charge in [0.15, 0.2) is 0 Å². The molecule has 0 aliphatic rings. The van der Waals surface area contributed by atoms with Gasteiger partial charge >= 0.3 is 0 Å². The number of rotatable bonds is 6. The van der Waals surface area contributed by atoms with Crippen molar-refractivity contribution in [1.82, 2.24) is 9.97 Å². The number of aromatic nitrogens is 2. The van der Waals surface area contributed by atoms with E-state index in [1.807, 2.05) is 24.3 Å². The summed E-state index contributed by atoms with van der Waals surface area (Å²) in [6.45, 7) is 0.778. The van der Waals surface area contributed by atoms with Gasteiger partial charge in [0.2, 0.25) is 5.95 Å². The maximum atomic E-state index is 13.2. The predicted molar refractivity (Wildman–Crippen MR) is 90.4 cm³/mol. The van der Waals surface area contributed by atoms with Gasteiger partial charge < -0.3 is 10.6 Å². The topological polar surface area (TPSA) is 49.8 Å². The van der Waals surface area contributed by atoms with Gasteiger partial charge in [-0.15, -0.1) is 0 Å². The van der Waals surface area contributed by atoms with E-state index in [0.717, 1.165) is 18.8 Å². The maximum Gasteiger partial charge on any atom is 0.229 e. The Morgan fingerprint density at radius 3 is 2.65 bits per heavy atom. The first-order valence-electron chi connectivity index (χ1n) is 7.43. The van der Waals surface area contributed by atoms with Crippen LogP contribution < -0.4 is 10.6 Å². The van der Waals surface area contributed by atoms with Gasteiger partial charge in [0.25, 0.3) is 0 Å². The van der Waals surface area contributed by atoms with Crippen molar-refractivity contribution in [3.8, 4) is 0 Å². The zero-order valence-electron chi connectivity index (χ0n) is 12.5. The van der Waals surface area contributed by atoms with E-state index in [4.69, 9.17) is 0 Å². The second-order valence-corrected chi connectivity index (χ2v) is 5.06. The van der Waals surface area contributed by atoms with Gasteiger partial charge in [0, 0.05) is 18.4 Å². The summed E-state index contributed by atoms with van der Waals surface area (Å²) in [6, 6.07) is 18.3. The summed E-state index contributed by atoms with van der Waals surface area (Å²) in [5, 5.41) is 6.26. The Morgan fingerprint density at radius 2 is 1.83 bits per heavy atom. The molecule has 0 radical (unpaired) electrons. The molecule has 2 N–H and O–H groups in total. The Hall–Kier alpha value is -2.95. The third kappa shape index (κ3) is 4.51. The van der Waals surface area contributed by atoms with Crippen LogP contribution in [-0.4, -0.2) is 16.5 Å². The zero-order valence-corrected chi connectivity index (χ0v) is 12.5. The third-order valence-corrected chi connectivity index (χ3v) is 3.30. The highest BCUT2D eigenvalue weighted by Gasteiger charge is 2.01. The smallest absolute Gasteiger partial charge is 0.229 e. The minimum atomic E-state index is -0.299. The molecule has 0 spiro atoms. The van der Waals surface area contributed by atoms with Crippen molar-refractivity contribution in [2.45, 2.75) is 6.42 Å². The molecule has 1 aromatic heterocycles. The molecule has 0 fully saturated rings. The van der Waals surface area contributed by atoms with Crippen LogP contribution in [0.4, 0.5) is 21.8 Å². The Balaban J connectivity index is 1.59. The lowest BCUT2D eigenvalue weighted by Gasteiger charge is -2.08. The molecule has 0 unspecified atom stereocenters. The van der Waals surface area contributed by atoms with E-state index in [0.29, 0.717) is 11.6 Å². The minimum Gasteiger partial charge on any atom is -0.370 e. The van der Waals surface area contributed by atoms with Crippen LogP contribution in [0, 0.1) is 5.82 Å². The number of anilines is 3.